The number of unbranched alkanes of at least 4 members (excludes halogenated alkanes) is 1. The molecule has 0 amide bonds. The van der Waals surface area contributed by atoms with E-state index in [1.54, 1.807) is 0 Å². The molecule has 0 aliphatic heterocycles. The fourth-order valence-electron chi connectivity index (χ4n) is 4.15. The lowest BCUT2D eigenvalue weighted by Gasteiger charge is -2.35. The molecule has 1 radical (unpaired) electrons. The van der Waals surface area contributed by atoms with Gasteiger partial charge in [0, 0.05) is 5.54 Å². The highest BCUT2D eigenvalue weighted by Crippen LogP contribution is 2.32. The molecule has 0 aromatic rings. The van der Waals surface area contributed by atoms with Crippen LogP contribution in [-0.2, 0) is 0 Å². The standard InChI is InChI=1S/C24H51BN/c1-9-13-16-22(25-8)17-14-15-21(19-23(5,6)11-3)20-26-24(7,12-4)18-10-2/h21-22,26H,9-20H2,1-8H3. The fraction of sp³-hybridized carbons (Fsp3) is 1.00. The van der Waals surface area contributed by atoms with E-state index in [1.807, 2.05) is 0 Å². The Kier molecular flexibility index (Phi) is 14.1. The first-order valence-corrected chi connectivity index (χ1v) is 11.8. The van der Waals surface area contributed by atoms with E-state index in [-0.39, 0.29) is 0 Å². The molecule has 0 saturated carbocycles. The van der Waals surface area contributed by atoms with Crippen LogP contribution in [0.5, 0.6) is 0 Å². The van der Waals surface area contributed by atoms with E-state index in [1.165, 1.54) is 77.2 Å². The van der Waals surface area contributed by atoms with Gasteiger partial charge in [0.1, 0.15) is 7.28 Å². The third kappa shape index (κ3) is 11.7. The minimum absolute atomic E-state index is 0.324. The van der Waals surface area contributed by atoms with Crippen molar-refractivity contribution in [2.45, 2.75) is 137 Å². The van der Waals surface area contributed by atoms with Gasteiger partial charge in [0.05, 0.1) is 0 Å². The summed E-state index contributed by atoms with van der Waals surface area (Å²) in [5.41, 5.74) is 0.794. The van der Waals surface area contributed by atoms with Gasteiger partial charge in [-0.1, -0.05) is 99.1 Å². The van der Waals surface area contributed by atoms with Gasteiger partial charge in [-0.15, -0.1) is 0 Å². The topological polar surface area (TPSA) is 12.0 Å². The highest BCUT2D eigenvalue weighted by Gasteiger charge is 2.25. The Hall–Kier alpha value is 0.0249. The van der Waals surface area contributed by atoms with Crippen LogP contribution in [0, 0.1) is 11.3 Å². The maximum Gasteiger partial charge on any atom is 0.110 e. The van der Waals surface area contributed by atoms with Crippen LogP contribution in [0.25, 0.3) is 0 Å². The predicted octanol–water partition coefficient (Wildman–Crippen LogP) is 7.89. The average Bonchev–Trinajstić information content (AvgIpc) is 2.62. The first kappa shape index (κ1) is 26.0. The molecule has 0 bridgehead atoms. The van der Waals surface area contributed by atoms with Gasteiger partial charge in [0.2, 0.25) is 0 Å². The van der Waals surface area contributed by atoms with E-state index in [0.717, 1.165) is 11.7 Å². The van der Waals surface area contributed by atoms with E-state index in [0.29, 0.717) is 11.0 Å². The van der Waals surface area contributed by atoms with Crippen molar-refractivity contribution < 1.29 is 0 Å². The highest BCUT2D eigenvalue weighted by atomic mass is 15.0. The van der Waals surface area contributed by atoms with Crippen molar-refractivity contribution in [1.29, 1.82) is 0 Å². The minimum Gasteiger partial charge on any atom is -0.311 e. The summed E-state index contributed by atoms with van der Waals surface area (Å²) in [7, 11) is 2.45. The molecule has 3 atom stereocenters. The van der Waals surface area contributed by atoms with Gasteiger partial charge in [-0.25, -0.2) is 0 Å². The molecule has 1 nitrogen and oxygen atoms in total. The van der Waals surface area contributed by atoms with Gasteiger partial charge in [0.25, 0.3) is 0 Å². The molecule has 0 aliphatic rings. The summed E-state index contributed by atoms with van der Waals surface area (Å²) >= 11 is 0. The van der Waals surface area contributed by atoms with Crippen molar-refractivity contribution in [3.8, 4) is 0 Å². The largest absolute Gasteiger partial charge is 0.311 e. The molecule has 0 aromatic carbocycles. The molecular formula is C24H51BN. The second kappa shape index (κ2) is 14.1. The van der Waals surface area contributed by atoms with Crippen LogP contribution in [-0.4, -0.2) is 19.4 Å². The van der Waals surface area contributed by atoms with Gasteiger partial charge < -0.3 is 5.32 Å². The van der Waals surface area contributed by atoms with Crippen molar-refractivity contribution in [3.63, 3.8) is 0 Å². The molecule has 0 aliphatic carbocycles. The van der Waals surface area contributed by atoms with Crippen LogP contribution in [0.3, 0.4) is 0 Å². The Morgan fingerprint density at radius 2 is 1.50 bits per heavy atom. The normalized spacial score (nSPS) is 16.9. The van der Waals surface area contributed by atoms with Crippen LogP contribution in [0.1, 0.15) is 119 Å². The quantitative estimate of drug-likeness (QED) is 0.259. The monoisotopic (exact) mass is 364 g/mol. The molecule has 0 aromatic heterocycles. The van der Waals surface area contributed by atoms with Crippen molar-refractivity contribution in [1.82, 2.24) is 5.32 Å². The van der Waals surface area contributed by atoms with Gasteiger partial charge >= 0.3 is 0 Å². The zero-order valence-corrected chi connectivity index (χ0v) is 19.7. The van der Waals surface area contributed by atoms with Crippen molar-refractivity contribution >= 4 is 7.28 Å². The van der Waals surface area contributed by atoms with Gasteiger partial charge in [-0.2, -0.15) is 0 Å². The summed E-state index contributed by atoms with van der Waals surface area (Å²) in [6, 6.07) is 0. The second-order valence-corrected chi connectivity index (χ2v) is 9.80. The van der Waals surface area contributed by atoms with E-state index in [9.17, 15) is 0 Å². The van der Waals surface area contributed by atoms with Crippen LogP contribution in [0.15, 0.2) is 0 Å². The summed E-state index contributed by atoms with van der Waals surface area (Å²) in [5.74, 6) is 1.65. The number of rotatable bonds is 17. The SMILES string of the molecule is C[B]C(CCCC)CCCC(CNC(C)(CC)CCC)CC(C)(C)CC. The Labute approximate surface area is 168 Å². The maximum absolute atomic E-state index is 3.97. The third-order valence-corrected chi connectivity index (χ3v) is 6.79. The second-order valence-electron chi connectivity index (χ2n) is 9.80. The van der Waals surface area contributed by atoms with E-state index >= 15 is 0 Å². The van der Waals surface area contributed by atoms with Gasteiger partial charge in [-0.05, 0) is 50.5 Å². The number of hydrogen-bond acceptors (Lipinski definition) is 1. The van der Waals surface area contributed by atoms with E-state index in [4.69, 9.17) is 0 Å². The van der Waals surface area contributed by atoms with Crippen LogP contribution in [0.2, 0.25) is 12.6 Å². The van der Waals surface area contributed by atoms with Crippen molar-refractivity contribution in [2.24, 2.45) is 11.3 Å². The lowest BCUT2D eigenvalue weighted by Crippen LogP contribution is -2.44. The first-order chi connectivity index (χ1) is 12.3. The van der Waals surface area contributed by atoms with Crippen LogP contribution in [0.4, 0.5) is 0 Å². The molecule has 155 valence electrons. The Balaban J connectivity index is 4.64. The molecule has 0 rings (SSSR count). The van der Waals surface area contributed by atoms with E-state index in [2.05, 4.69) is 67.9 Å². The first-order valence-electron chi connectivity index (χ1n) is 11.8. The highest BCUT2D eigenvalue weighted by molar-refractivity contribution is 6.35. The zero-order valence-electron chi connectivity index (χ0n) is 19.7. The minimum atomic E-state index is 0.324. The zero-order chi connectivity index (χ0) is 20.1. The molecule has 2 heteroatoms. The molecule has 1 N–H and O–H groups in total. The maximum atomic E-state index is 3.97. The van der Waals surface area contributed by atoms with Gasteiger partial charge in [0.15, 0.2) is 0 Å². The summed E-state index contributed by atoms with van der Waals surface area (Å²) in [6.07, 6.45) is 14.7. The van der Waals surface area contributed by atoms with E-state index < -0.39 is 0 Å². The molecule has 0 spiro atoms. The molecular weight excluding hydrogens is 313 g/mol. The third-order valence-electron chi connectivity index (χ3n) is 6.79. The summed E-state index contributed by atoms with van der Waals surface area (Å²) in [6.45, 7) is 20.1. The summed E-state index contributed by atoms with van der Waals surface area (Å²) in [4.78, 5) is 0. The van der Waals surface area contributed by atoms with Crippen molar-refractivity contribution in [3.05, 3.63) is 0 Å². The Morgan fingerprint density at radius 3 is 2.00 bits per heavy atom. The average molecular weight is 364 g/mol. The predicted molar refractivity (Wildman–Crippen MR) is 123 cm³/mol. The summed E-state index contributed by atoms with van der Waals surface area (Å²) < 4.78 is 0. The van der Waals surface area contributed by atoms with Crippen LogP contribution < -0.4 is 5.32 Å². The van der Waals surface area contributed by atoms with Crippen LogP contribution >= 0.6 is 0 Å². The lowest BCUT2D eigenvalue weighted by molar-refractivity contribution is 0.214. The summed E-state index contributed by atoms with van der Waals surface area (Å²) in [5, 5.41) is 3.97. The molecule has 26 heavy (non-hydrogen) atoms. The van der Waals surface area contributed by atoms with Crippen molar-refractivity contribution in [2.75, 3.05) is 6.54 Å². The van der Waals surface area contributed by atoms with Gasteiger partial charge in [-0.3, -0.25) is 0 Å². The fourth-order valence-corrected chi connectivity index (χ4v) is 4.15. The number of hydrogen-bond donors (Lipinski definition) is 1. The lowest BCUT2D eigenvalue weighted by atomic mass is 9.62. The molecule has 0 saturated heterocycles. The Bertz CT molecular complexity index is 328. The smallest absolute Gasteiger partial charge is 0.110 e. The number of nitrogens with one attached hydrogen (secondary N) is 1. The molecule has 0 heterocycles. The molecule has 0 fully saturated rings. The molecule has 3 unspecified atom stereocenters. The Morgan fingerprint density at radius 1 is 0.846 bits per heavy atom.